The topological polar surface area (TPSA) is 76.9 Å². The highest BCUT2D eigenvalue weighted by atomic mass is 35.5. The number of aryl methyl sites for hydroxylation is 2. The molecule has 0 radical (unpaired) electrons. The average Bonchev–Trinajstić information content (AvgIpc) is 2.57. The molecule has 2 aromatic rings. The fourth-order valence-electron chi connectivity index (χ4n) is 1.42. The van der Waals surface area contributed by atoms with E-state index >= 15 is 0 Å². The van der Waals surface area contributed by atoms with Crippen molar-refractivity contribution in [2.45, 2.75) is 11.8 Å². The number of rotatable bonds is 3. The van der Waals surface area contributed by atoms with E-state index in [2.05, 4.69) is 14.8 Å². The Morgan fingerprint density at radius 1 is 1.39 bits per heavy atom. The third-order valence-corrected chi connectivity index (χ3v) is 3.82. The summed E-state index contributed by atoms with van der Waals surface area (Å²) in [5.41, 5.74) is 0.726. The molecular formula is C10H11ClN4O2S. The van der Waals surface area contributed by atoms with Crippen LogP contribution in [0.3, 0.4) is 0 Å². The fourth-order valence-corrected chi connectivity index (χ4v) is 2.56. The Hall–Kier alpha value is -1.60. The molecule has 0 aliphatic carbocycles. The first-order valence-electron chi connectivity index (χ1n) is 5.03. The van der Waals surface area contributed by atoms with Crippen molar-refractivity contribution in [1.29, 1.82) is 0 Å². The minimum absolute atomic E-state index is 0.0470. The maximum Gasteiger partial charge on any atom is 0.264 e. The van der Waals surface area contributed by atoms with Gasteiger partial charge in [0.05, 0.1) is 5.69 Å². The van der Waals surface area contributed by atoms with Gasteiger partial charge in [-0.15, -0.1) is 0 Å². The van der Waals surface area contributed by atoms with E-state index in [0.717, 1.165) is 5.69 Å². The molecule has 0 fully saturated rings. The first-order chi connectivity index (χ1) is 8.38. The van der Waals surface area contributed by atoms with Crippen LogP contribution in [0.15, 0.2) is 29.3 Å². The highest BCUT2D eigenvalue weighted by Gasteiger charge is 2.16. The first-order valence-corrected chi connectivity index (χ1v) is 6.89. The summed E-state index contributed by atoms with van der Waals surface area (Å²) in [7, 11) is -2.01. The molecule has 0 aromatic carbocycles. The summed E-state index contributed by atoms with van der Waals surface area (Å²) in [5.74, 6) is 0.391. The Morgan fingerprint density at radius 3 is 2.61 bits per heavy atom. The van der Waals surface area contributed by atoms with Crippen molar-refractivity contribution in [3.63, 3.8) is 0 Å². The van der Waals surface area contributed by atoms with Crippen LogP contribution < -0.4 is 4.72 Å². The number of nitrogens with one attached hydrogen (secondary N) is 1. The van der Waals surface area contributed by atoms with Crippen LogP contribution in [-0.2, 0) is 17.1 Å². The zero-order chi connectivity index (χ0) is 13.3. The number of aromatic nitrogens is 3. The lowest BCUT2D eigenvalue weighted by atomic mass is 10.5. The Bertz CT molecular complexity index is 664. The fraction of sp³-hybridized carbons (Fsp3) is 0.200. The van der Waals surface area contributed by atoms with Crippen LogP contribution in [0.2, 0.25) is 5.15 Å². The molecule has 2 heterocycles. The third kappa shape index (κ3) is 2.62. The molecule has 0 unspecified atom stereocenters. The van der Waals surface area contributed by atoms with Crippen molar-refractivity contribution in [2.24, 2.45) is 7.05 Å². The molecule has 96 valence electrons. The minimum atomic E-state index is -3.67. The zero-order valence-corrected chi connectivity index (χ0v) is 11.3. The van der Waals surface area contributed by atoms with Gasteiger partial charge in [-0.2, -0.15) is 5.10 Å². The largest absolute Gasteiger partial charge is 0.264 e. The molecular weight excluding hydrogens is 276 g/mol. The van der Waals surface area contributed by atoms with E-state index in [4.69, 9.17) is 11.6 Å². The number of hydrogen-bond acceptors (Lipinski definition) is 4. The predicted octanol–water partition coefficient (Wildman–Crippen LogP) is 1.58. The molecule has 0 amide bonds. The molecule has 0 aliphatic rings. The van der Waals surface area contributed by atoms with Crippen molar-refractivity contribution in [3.05, 3.63) is 35.2 Å². The molecule has 0 spiro atoms. The number of nitrogens with zero attached hydrogens (tertiary/aromatic N) is 3. The van der Waals surface area contributed by atoms with Gasteiger partial charge in [0.15, 0.2) is 0 Å². The van der Waals surface area contributed by atoms with Gasteiger partial charge >= 0.3 is 0 Å². The number of hydrogen-bond donors (Lipinski definition) is 1. The maximum absolute atomic E-state index is 12.0. The number of sulfonamides is 1. The van der Waals surface area contributed by atoms with E-state index in [9.17, 15) is 8.42 Å². The summed E-state index contributed by atoms with van der Waals surface area (Å²) in [6, 6.07) is 4.45. The SMILES string of the molecule is Cc1cc(NS(=O)(=O)c2ccc(Cl)nc2)n(C)n1. The Balaban J connectivity index is 2.33. The second-order valence-electron chi connectivity index (χ2n) is 3.72. The number of halogens is 1. The molecule has 0 atom stereocenters. The molecule has 1 N–H and O–H groups in total. The monoisotopic (exact) mass is 286 g/mol. The summed E-state index contributed by atoms with van der Waals surface area (Å²) >= 11 is 5.61. The van der Waals surface area contributed by atoms with Gasteiger partial charge in [-0.3, -0.25) is 9.40 Å². The van der Waals surface area contributed by atoms with Gasteiger partial charge in [-0.1, -0.05) is 11.6 Å². The highest BCUT2D eigenvalue weighted by molar-refractivity contribution is 7.92. The average molecular weight is 287 g/mol. The van der Waals surface area contributed by atoms with Crippen LogP contribution in [0.4, 0.5) is 5.82 Å². The van der Waals surface area contributed by atoms with Crippen LogP contribution in [0.5, 0.6) is 0 Å². The van der Waals surface area contributed by atoms with E-state index in [-0.39, 0.29) is 10.0 Å². The highest BCUT2D eigenvalue weighted by Crippen LogP contribution is 2.16. The van der Waals surface area contributed by atoms with Gasteiger partial charge in [0.25, 0.3) is 10.0 Å². The number of anilines is 1. The van der Waals surface area contributed by atoms with E-state index < -0.39 is 10.0 Å². The van der Waals surface area contributed by atoms with Crippen molar-refractivity contribution >= 4 is 27.4 Å². The lowest BCUT2D eigenvalue weighted by Gasteiger charge is -2.07. The van der Waals surface area contributed by atoms with Gasteiger partial charge < -0.3 is 0 Å². The standard InChI is InChI=1S/C10H11ClN4O2S/c1-7-5-10(15(2)13-7)14-18(16,17)8-3-4-9(11)12-6-8/h3-6,14H,1-2H3. The Labute approximate surface area is 110 Å². The Kier molecular flexibility index (Phi) is 3.27. The van der Waals surface area contributed by atoms with Crippen LogP contribution in [0.1, 0.15) is 5.69 Å². The van der Waals surface area contributed by atoms with Crippen LogP contribution >= 0.6 is 11.6 Å². The third-order valence-electron chi connectivity index (χ3n) is 2.25. The molecule has 8 heteroatoms. The van der Waals surface area contributed by atoms with Gasteiger partial charge in [0, 0.05) is 19.3 Å². The molecule has 0 saturated heterocycles. The van der Waals surface area contributed by atoms with Gasteiger partial charge in [0.1, 0.15) is 15.9 Å². The van der Waals surface area contributed by atoms with Crippen LogP contribution in [-0.4, -0.2) is 23.2 Å². The van der Waals surface area contributed by atoms with Crippen molar-refractivity contribution in [3.8, 4) is 0 Å². The van der Waals surface area contributed by atoms with Gasteiger partial charge in [-0.25, -0.2) is 13.4 Å². The normalized spacial score (nSPS) is 11.5. The van der Waals surface area contributed by atoms with Crippen molar-refractivity contribution in [2.75, 3.05) is 4.72 Å². The summed E-state index contributed by atoms with van der Waals surface area (Å²) in [6.07, 6.45) is 1.20. The smallest absolute Gasteiger partial charge is 0.264 e. The first kappa shape index (κ1) is 12.8. The second kappa shape index (κ2) is 4.58. The van der Waals surface area contributed by atoms with Crippen LogP contribution in [0, 0.1) is 6.92 Å². The van der Waals surface area contributed by atoms with E-state index in [1.54, 1.807) is 20.0 Å². The van der Waals surface area contributed by atoms with Crippen LogP contribution in [0.25, 0.3) is 0 Å². The van der Waals surface area contributed by atoms with E-state index in [1.165, 1.54) is 23.0 Å². The second-order valence-corrected chi connectivity index (χ2v) is 5.79. The molecule has 0 bridgehead atoms. The lowest BCUT2D eigenvalue weighted by Crippen LogP contribution is -2.15. The maximum atomic E-state index is 12.0. The summed E-state index contributed by atoms with van der Waals surface area (Å²) in [5, 5.41) is 4.30. The lowest BCUT2D eigenvalue weighted by molar-refractivity contribution is 0.600. The van der Waals surface area contributed by atoms with Crippen molar-refractivity contribution in [1.82, 2.24) is 14.8 Å². The zero-order valence-electron chi connectivity index (χ0n) is 9.75. The summed E-state index contributed by atoms with van der Waals surface area (Å²) < 4.78 is 28.0. The molecule has 0 saturated carbocycles. The van der Waals surface area contributed by atoms with Gasteiger partial charge in [-0.05, 0) is 19.1 Å². The molecule has 2 rings (SSSR count). The molecule has 2 aromatic heterocycles. The van der Waals surface area contributed by atoms with Gasteiger partial charge in [0.2, 0.25) is 0 Å². The number of pyridine rings is 1. The molecule has 18 heavy (non-hydrogen) atoms. The van der Waals surface area contributed by atoms with E-state index in [1.807, 2.05) is 0 Å². The predicted molar refractivity (Wildman–Crippen MR) is 68.0 cm³/mol. The summed E-state index contributed by atoms with van der Waals surface area (Å²) in [4.78, 5) is 3.79. The quantitative estimate of drug-likeness (QED) is 0.869. The Morgan fingerprint density at radius 2 is 2.11 bits per heavy atom. The molecule has 0 aliphatic heterocycles. The minimum Gasteiger partial charge on any atom is -0.264 e. The molecule has 6 nitrogen and oxygen atoms in total. The van der Waals surface area contributed by atoms with Crippen molar-refractivity contribution < 1.29 is 8.42 Å². The summed E-state index contributed by atoms with van der Waals surface area (Å²) in [6.45, 7) is 1.78. The van der Waals surface area contributed by atoms with E-state index in [0.29, 0.717) is 5.82 Å².